The minimum absolute atomic E-state index is 0.248. The Balaban J connectivity index is 1.50. The van der Waals surface area contributed by atoms with Crippen molar-refractivity contribution in [3.8, 4) is 0 Å². The Labute approximate surface area is 142 Å². The number of hydrogen-bond acceptors (Lipinski definition) is 5. The second-order valence-electron chi connectivity index (χ2n) is 6.86. The first-order valence-electron chi connectivity index (χ1n) is 8.50. The number of hydrogen-bond donors (Lipinski definition) is 1. The van der Waals surface area contributed by atoms with Gasteiger partial charge in [-0.15, -0.1) is 11.3 Å². The second kappa shape index (κ2) is 7.30. The van der Waals surface area contributed by atoms with Crippen LogP contribution in [0.4, 0.5) is 0 Å². The third kappa shape index (κ3) is 4.12. The number of carbonyl (C=O) groups is 1. The van der Waals surface area contributed by atoms with Crippen molar-refractivity contribution in [1.82, 2.24) is 14.7 Å². The van der Waals surface area contributed by atoms with Gasteiger partial charge in [0.15, 0.2) is 0 Å². The Morgan fingerprint density at radius 3 is 3.00 bits per heavy atom. The number of nitrogens with zero attached hydrogens (tertiary/aromatic N) is 3. The lowest BCUT2D eigenvalue weighted by molar-refractivity contribution is -0.134. The Hall–Kier alpha value is -0.950. The van der Waals surface area contributed by atoms with Gasteiger partial charge in [0.1, 0.15) is 0 Å². The van der Waals surface area contributed by atoms with E-state index in [1.54, 1.807) is 11.3 Å². The summed E-state index contributed by atoms with van der Waals surface area (Å²) in [7, 11) is 0. The summed E-state index contributed by atoms with van der Waals surface area (Å²) in [5.41, 5.74) is 1.32. The van der Waals surface area contributed by atoms with Crippen LogP contribution in [0, 0.1) is 0 Å². The largest absolute Gasteiger partial charge is 0.392 e. The molecule has 0 aliphatic carbocycles. The second-order valence-corrected chi connectivity index (χ2v) is 7.86. The monoisotopic (exact) mass is 337 g/mol. The summed E-state index contributed by atoms with van der Waals surface area (Å²) in [6.45, 7) is 9.60. The molecule has 0 unspecified atom stereocenters. The predicted octanol–water partition coefficient (Wildman–Crippen LogP) is 1.02. The number of thiophene rings is 1. The lowest BCUT2D eigenvalue weighted by atomic mass is 10.1. The molecule has 6 heteroatoms. The predicted molar refractivity (Wildman–Crippen MR) is 92.6 cm³/mol. The standard InChI is InChI=1S/C17H27N3O2S/c1-13-9-18(6-7-19(13)10-14(2)21)12-17(22)20-5-3-16-15(11-20)4-8-23-16/h4,8,13-14,21H,3,5-7,9-12H2,1-2H3/t13-,14+/m1/s1. The van der Waals surface area contributed by atoms with Crippen LogP contribution in [0.2, 0.25) is 0 Å². The molecule has 3 rings (SSSR count). The molecule has 0 radical (unpaired) electrons. The zero-order valence-corrected chi connectivity index (χ0v) is 14.9. The highest BCUT2D eigenvalue weighted by Gasteiger charge is 2.28. The van der Waals surface area contributed by atoms with Crippen molar-refractivity contribution in [1.29, 1.82) is 0 Å². The van der Waals surface area contributed by atoms with Gasteiger partial charge in [0, 0.05) is 50.2 Å². The molecule has 0 bridgehead atoms. The molecule has 0 aromatic carbocycles. The van der Waals surface area contributed by atoms with Gasteiger partial charge in [-0.3, -0.25) is 14.6 Å². The molecular formula is C17H27N3O2S. The van der Waals surface area contributed by atoms with Crippen LogP contribution in [-0.2, 0) is 17.8 Å². The number of aliphatic hydroxyl groups is 1. The van der Waals surface area contributed by atoms with Crippen molar-refractivity contribution in [2.75, 3.05) is 39.3 Å². The summed E-state index contributed by atoms with van der Waals surface area (Å²) in [5.74, 6) is 0.248. The summed E-state index contributed by atoms with van der Waals surface area (Å²) >= 11 is 1.81. The van der Waals surface area contributed by atoms with Gasteiger partial charge >= 0.3 is 0 Å². The first-order chi connectivity index (χ1) is 11.0. The van der Waals surface area contributed by atoms with Gasteiger partial charge < -0.3 is 10.0 Å². The average Bonchev–Trinajstić information content (AvgIpc) is 2.97. The summed E-state index contributed by atoms with van der Waals surface area (Å²) in [6, 6.07) is 2.53. The van der Waals surface area contributed by atoms with E-state index in [9.17, 15) is 9.90 Å². The van der Waals surface area contributed by atoms with Crippen LogP contribution in [0.25, 0.3) is 0 Å². The quantitative estimate of drug-likeness (QED) is 0.891. The Bertz CT molecular complexity index is 546. The normalized spacial score (nSPS) is 24.5. The van der Waals surface area contributed by atoms with Crippen molar-refractivity contribution in [2.45, 2.75) is 39.0 Å². The fourth-order valence-electron chi connectivity index (χ4n) is 3.58. The molecule has 1 N–H and O–H groups in total. The minimum atomic E-state index is -0.293. The highest BCUT2D eigenvalue weighted by molar-refractivity contribution is 7.10. The van der Waals surface area contributed by atoms with E-state index in [0.717, 1.165) is 45.7 Å². The van der Waals surface area contributed by atoms with E-state index >= 15 is 0 Å². The van der Waals surface area contributed by atoms with Crippen LogP contribution in [0.15, 0.2) is 11.4 Å². The third-order valence-electron chi connectivity index (χ3n) is 4.87. The first kappa shape index (κ1) is 16.9. The maximum absolute atomic E-state index is 12.6. The molecule has 3 heterocycles. The highest BCUT2D eigenvalue weighted by atomic mass is 32.1. The molecule has 1 aromatic rings. The Morgan fingerprint density at radius 2 is 2.26 bits per heavy atom. The molecule has 2 atom stereocenters. The molecule has 2 aliphatic rings. The van der Waals surface area contributed by atoms with Crippen LogP contribution < -0.4 is 0 Å². The molecule has 128 valence electrons. The van der Waals surface area contributed by atoms with Crippen molar-refractivity contribution in [3.05, 3.63) is 21.9 Å². The van der Waals surface area contributed by atoms with E-state index in [1.807, 2.05) is 11.8 Å². The molecule has 1 saturated heterocycles. The number of amides is 1. The van der Waals surface area contributed by atoms with Crippen LogP contribution in [0.5, 0.6) is 0 Å². The lowest BCUT2D eigenvalue weighted by Crippen LogP contribution is -2.55. The summed E-state index contributed by atoms with van der Waals surface area (Å²) in [6.07, 6.45) is 0.705. The van der Waals surface area contributed by atoms with Gasteiger partial charge in [-0.05, 0) is 37.3 Å². The summed E-state index contributed by atoms with van der Waals surface area (Å²) in [4.78, 5) is 20.6. The lowest BCUT2D eigenvalue weighted by Gasteiger charge is -2.40. The van der Waals surface area contributed by atoms with Crippen molar-refractivity contribution < 1.29 is 9.90 Å². The molecule has 0 saturated carbocycles. The number of fused-ring (bicyclic) bond motifs is 1. The fraction of sp³-hybridized carbons (Fsp3) is 0.706. The molecule has 5 nitrogen and oxygen atoms in total. The number of β-amino-alcohol motifs (C(OH)–C–C–N with tert-alkyl or cyclic N) is 1. The topological polar surface area (TPSA) is 47.0 Å². The smallest absolute Gasteiger partial charge is 0.237 e. The first-order valence-corrected chi connectivity index (χ1v) is 9.38. The van der Waals surface area contributed by atoms with E-state index in [4.69, 9.17) is 0 Å². The van der Waals surface area contributed by atoms with Crippen LogP contribution in [0.1, 0.15) is 24.3 Å². The van der Waals surface area contributed by atoms with Gasteiger partial charge in [0.25, 0.3) is 0 Å². The number of rotatable bonds is 4. The number of piperazine rings is 1. The van der Waals surface area contributed by atoms with Gasteiger partial charge in [0.2, 0.25) is 5.91 Å². The van der Waals surface area contributed by atoms with Crippen molar-refractivity contribution in [3.63, 3.8) is 0 Å². The van der Waals surface area contributed by atoms with Crippen molar-refractivity contribution in [2.24, 2.45) is 0 Å². The average molecular weight is 337 g/mol. The number of aliphatic hydroxyl groups excluding tert-OH is 1. The fourth-order valence-corrected chi connectivity index (χ4v) is 4.47. The third-order valence-corrected chi connectivity index (χ3v) is 5.89. The van der Waals surface area contributed by atoms with Crippen LogP contribution in [0.3, 0.4) is 0 Å². The molecule has 1 fully saturated rings. The van der Waals surface area contributed by atoms with Gasteiger partial charge in [-0.1, -0.05) is 0 Å². The van der Waals surface area contributed by atoms with E-state index in [0.29, 0.717) is 12.6 Å². The van der Waals surface area contributed by atoms with E-state index in [-0.39, 0.29) is 12.0 Å². The Kier molecular flexibility index (Phi) is 5.36. The molecule has 2 aliphatic heterocycles. The molecular weight excluding hydrogens is 310 g/mol. The number of carbonyl (C=O) groups excluding carboxylic acids is 1. The van der Waals surface area contributed by atoms with Crippen LogP contribution >= 0.6 is 11.3 Å². The maximum Gasteiger partial charge on any atom is 0.237 e. The van der Waals surface area contributed by atoms with Crippen LogP contribution in [-0.4, -0.2) is 77.1 Å². The maximum atomic E-state index is 12.6. The zero-order chi connectivity index (χ0) is 16.4. The minimum Gasteiger partial charge on any atom is -0.392 e. The zero-order valence-electron chi connectivity index (χ0n) is 14.1. The molecule has 1 amide bonds. The summed E-state index contributed by atoms with van der Waals surface area (Å²) in [5, 5.41) is 11.7. The van der Waals surface area contributed by atoms with E-state index in [1.165, 1.54) is 10.4 Å². The SMILES string of the molecule is C[C@H](O)CN1CCN(CC(=O)N2CCc3sccc3C2)C[C@H]1C. The summed E-state index contributed by atoms with van der Waals surface area (Å²) < 4.78 is 0. The molecule has 23 heavy (non-hydrogen) atoms. The van der Waals surface area contributed by atoms with Gasteiger partial charge in [-0.2, -0.15) is 0 Å². The van der Waals surface area contributed by atoms with Gasteiger partial charge in [-0.25, -0.2) is 0 Å². The van der Waals surface area contributed by atoms with E-state index in [2.05, 4.69) is 28.2 Å². The Morgan fingerprint density at radius 1 is 1.43 bits per heavy atom. The van der Waals surface area contributed by atoms with Crippen molar-refractivity contribution >= 4 is 17.2 Å². The molecule has 1 aromatic heterocycles. The van der Waals surface area contributed by atoms with E-state index < -0.39 is 0 Å². The van der Waals surface area contributed by atoms with Gasteiger partial charge in [0.05, 0.1) is 12.6 Å². The highest BCUT2D eigenvalue weighted by Crippen LogP contribution is 2.24. The molecule has 0 spiro atoms.